The summed E-state index contributed by atoms with van der Waals surface area (Å²) in [5.41, 5.74) is 1.13. The molecule has 0 fully saturated rings. The molecule has 0 aliphatic carbocycles. The van der Waals surface area contributed by atoms with E-state index >= 15 is 0 Å². The highest BCUT2D eigenvalue weighted by Crippen LogP contribution is 2.24. The molecule has 1 aromatic heterocycles. The first kappa shape index (κ1) is 16.9. The fourth-order valence-electron chi connectivity index (χ4n) is 2.08. The van der Waals surface area contributed by atoms with Crippen molar-refractivity contribution >= 4 is 34.7 Å². The molecule has 0 spiro atoms. The maximum absolute atomic E-state index is 13.2. The molecule has 0 aliphatic rings. The SMILES string of the molecule is O=C(Nc1ccc(Nc2ccccc2Cl)nc1)c1ccc(F)c(F)c1. The van der Waals surface area contributed by atoms with Crippen molar-refractivity contribution in [1.82, 2.24) is 4.98 Å². The fourth-order valence-corrected chi connectivity index (χ4v) is 2.27. The Labute approximate surface area is 147 Å². The smallest absolute Gasteiger partial charge is 0.255 e. The number of aromatic nitrogens is 1. The first-order valence-corrected chi connectivity index (χ1v) is 7.65. The molecular formula is C18H12ClF2N3O. The van der Waals surface area contributed by atoms with Crippen molar-refractivity contribution in [3.8, 4) is 0 Å². The van der Waals surface area contributed by atoms with Gasteiger partial charge in [-0.05, 0) is 42.5 Å². The van der Waals surface area contributed by atoms with Crippen LogP contribution in [0.2, 0.25) is 5.02 Å². The van der Waals surface area contributed by atoms with Crippen LogP contribution in [0.3, 0.4) is 0 Å². The predicted molar refractivity (Wildman–Crippen MR) is 93.3 cm³/mol. The highest BCUT2D eigenvalue weighted by molar-refractivity contribution is 6.33. The van der Waals surface area contributed by atoms with Crippen molar-refractivity contribution in [2.24, 2.45) is 0 Å². The fraction of sp³-hybridized carbons (Fsp3) is 0. The standard InChI is InChI=1S/C18H12ClF2N3O/c19-13-3-1-2-4-16(13)24-17-8-6-12(10-22-17)23-18(25)11-5-7-14(20)15(21)9-11/h1-10H,(H,22,24)(H,23,25). The monoisotopic (exact) mass is 359 g/mol. The summed E-state index contributed by atoms with van der Waals surface area (Å²) >= 11 is 6.06. The molecule has 0 aliphatic heterocycles. The summed E-state index contributed by atoms with van der Waals surface area (Å²) in [6.07, 6.45) is 1.44. The van der Waals surface area contributed by atoms with E-state index in [0.717, 1.165) is 12.1 Å². The number of hydrogen-bond acceptors (Lipinski definition) is 3. The van der Waals surface area contributed by atoms with Gasteiger partial charge in [0.05, 0.1) is 22.6 Å². The number of nitrogens with one attached hydrogen (secondary N) is 2. The number of anilines is 3. The maximum Gasteiger partial charge on any atom is 0.255 e. The molecule has 0 atom stereocenters. The third-order valence-corrected chi connectivity index (χ3v) is 3.67. The van der Waals surface area contributed by atoms with E-state index in [1.807, 2.05) is 18.2 Å². The van der Waals surface area contributed by atoms with Gasteiger partial charge in [-0.3, -0.25) is 4.79 Å². The van der Waals surface area contributed by atoms with Crippen LogP contribution in [0.1, 0.15) is 10.4 Å². The minimum absolute atomic E-state index is 0.0113. The second kappa shape index (κ2) is 7.27. The molecule has 1 amide bonds. The number of rotatable bonds is 4. The summed E-state index contributed by atoms with van der Waals surface area (Å²) in [5, 5.41) is 6.17. The first-order valence-electron chi connectivity index (χ1n) is 7.27. The van der Waals surface area contributed by atoms with Gasteiger partial charge in [0.25, 0.3) is 5.91 Å². The molecule has 3 rings (SSSR count). The number of hydrogen-bond donors (Lipinski definition) is 2. The number of para-hydroxylation sites is 1. The number of benzene rings is 2. The van der Waals surface area contributed by atoms with Gasteiger partial charge in [-0.15, -0.1) is 0 Å². The van der Waals surface area contributed by atoms with Gasteiger partial charge in [-0.1, -0.05) is 23.7 Å². The Morgan fingerprint density at radius 1 is 1.00 bits per heavy atom. The molecule has 2 aromatic carbocycles. The van der Waals surface area contributed by atoms with Crippen molar-refractivity contribution in [3.63, 3.8) is 0 Å². The van der Waals surface area contributed by atoms with Gasteiger partial charge >= 0.3 is 0 Å². The molecule has 0 radical (unpaired) electrons. The summed E-state index contributed by atoms with van der Waals surface area (Å²) in [6, 6.07) is 13.4. The average Bonchev–Trinajstić information content (AvgIpc) is 2.61. The van der Waals surface area contributed by atoms with Crippen LogP contribution in [-0.4, -0.2) is 10.9 Å². The van der Waals surface area contributed by atoms with Crippen LogP contribution < -0.4 is 10.6 Å². The lowest BCUT2D eigenvalue weighted by Gasteiger charge is -2.09. The van der Waals surface area contributed by atoms with Crippen LogP contribution in [-0.2, 0) is 0 Å². The van der Waals surface area contributed by atoms with E-state index in [4.69, 9.17) is 11.6 Å². The van der Waals surface area contributed by atoms with Gasteiger partial charge in [0.1, 0.15) is 5.82 Å². The Kier molecular flexibility index (Phi) is 4.90. The second-order valence-electron chi connectivity index (χ2n) is 5.12. The molecule has 0 saturated heterocycles. The quantitative estimate of drug-likeness (QED) is 0.688. The summed E-state index contributed by atoms with van der Waals surface area (Å²) in [5.74, 6) is -2.11. The third kappa shape index (κ3) is 4.10. The van der Waals surface area contributed by atoms with Crippen molar-refractivity contribution in [2.45, 2.75) is 0 Å². The van der Waals surface area contributed by atoms with E-state index < -0.39 is 17.5 Å². The number of halogens is 3. The Morgan fingerprint density at radius 2 is 1.80 bits per heavy atom. The van der Waals surface area contributed by atoms with Crippen LogP contribution in [0.15, 0.2) is 60.8 Å². The van der Waals surface area contributed by atoms with Gasteiger partial charge < -0.3 is 10.6 Å². The Morgan fingerprint density at radius 3 is 2.48 bits per heavy atom. The van der Waals surface area contributed by atoms with Crippen LogP contribution in [0.4, 0.5) is 26.0 Å². The number of pyridine rings is 1. The van der Waals surface area contributed by atoms with Gasteiger partial charge in [0, 0.05) is 5.56 Å². The van der Waals surface area contributed by atoms with E-state index in [1.165, 1.54) is 12.3 Å². The normalized spacial score (nSPS) is 10.4. The zero-order chi connectivity index (χ0) is 17.8. The first-order chi connectivity index (χ1) is 12.0. The topological polar surface area (TPSA) is 54.0 Å². The van der Waals surface area contributed by atoms with Gasteiger partial charge in [-0.25, -0.2) is 13.8 Å². The Balaban J connectivity index is 1.69. The van der Waals surface area contributed by atoms with Gasteiger partial charge in [0.15, 0.2) is 11.6 Å². The molecule has 0 saturated carbocycles. The molecule has 0 bridgehead atoms. The highest BCUT2D eigenvalue weighted by atomic mass is 35.5. The summed E-state index contributed by atoms with van der Waals surface area (Å²) in [4.78, 5) is 16.2. The van der Waals surface area contributed by atoms with Crippen LogP contribution >= 0.6 is 11.6 Å². The minimum atomic E-state index is -1.08. The van der Waals surface area contributed by atoms with Crippen molar-refractivity contribution < 1.29 is 13.6 Å². The molecule has 3 aromatic rings. The van der Waals surface area contributed by atoms with Crippen LogP contribution in [0.5, 0.6) is 0 Å². The van der Waals surface area contributed by atoms with E-state index in [0.29, 0.717) is 22.2 Å². The van der Waals surface area contributed by atoms with Crippen molar-refractivity contribution in [1.29, 1.82) is 0 Å². The zero-order valence-electron chi connectivity index (χ0n) is 12.8. The Bertz CT molecular complexity index is 916. The van der Waals surface area contributed by atoms with Crippen LogP contribution in [0, 0.1) is 11.6 Å². The third-order valence-electron chi connectivity index (χ3n) is 3.34. The lowest BCUT2D eigenvalue weighted by atomic mass is 10.2. The molecule has 0 unspecified atom stereocenters. The molecular weight excluding hydrogens is 348 g/mol. The molecule has 126 valence electrons. The average molecular weight is 360 g/mol. The van der Waals surface area contributed by atoms with Gasteiger partial charge in [0.2, 0.25) is 0 Å². The second-order valence-corrected chi connectivity index (χ2v) is 5.53. The highest BCUT2D eigenvalue weighted by Gasteiger charge is 2.10. The predicted octanol–water partition coefficient (Wildman–Crippen LogP) is 5.01. The lowest BCUT2D eigenvalue weighted by molar-refractivity contribution is 0.102. The minimum Gasteiger partial charge on any atom is -0.339 e. The number of nitrogens with zero attached hydrogens (tertiary/aromatic N) is 1. The largest absolute Gasteiger partial charge is 0.339 e. The zero-order valence-corrected chi connectivity index (χ0v) is 13.5. The number of amides is 1. The number of carbonyl (C=O) groups is 1. The van der Waals surface area contributed by atoms with E-state index in [9.17, 15) is 13.6 Å². The van der Waals surface area contributed by atoms with E-state index in [1.54, 1.807) is 18.2 Å². The summed E-state index contributed by atoms with van der Waals surface area (Å²) in [6.45, 7) is 0. The molecule has 1 heterocycles. The maximum atomic E-state index is 13.2. The van der Waals surface area contributed by atoms with Crippen LogP contribution in [0.25, 0.3) is 0 Å². The van der Waals surface area contributed by atoms with E-state index in [2.05, 4.69) is 15.6 Å². The summed E-state index contributed by atoms with van der Waals surface area (Å²) in [7, 11) is 0. The Hall–Kier alpha value is -2.99. The molecule has 2 N–H and O–H groups in total. The molecule has 4 nitrogen and oxygen atoms in total. The number of carbonyl (C=O) groups excluding carboxylic acids is 1. The lowest BCUT2D eigenvalue weighted by Crippen LogP contribution is -2.12. The van der Waals surface area contributed by atoms with E-state index in [-0.39, 0.29) is 5.56 Å². The summed E-state index contributed by atoms with van der Waals surface area (Å²) < 4.78 is 26.1. The van der Waals surface area contributed by atoms with Crippen molar-refractivity contribution in [2.75, 3.05) is 10.6 Å². The molecule has 7 heteroatoms. The van der Waals surface area contributed by atoms with Crippen molar-refractivity contribution in [3.05, 3.63) is 83.0 Å². The molecule has 25 heavy (non-hydrogen) atoms. The van der Waals surface area contributed by atoms with Gasteiger partial charge in [-0.2, -0.15) is 0 Å².